The molecule has 12 atom stereocenters. The van der Waals surface area contributed by atoms with E-state index >= 15 is 8.78 Å². The van der Waals surface area contributed by atoms with Crippen molar-refractivity contribution in [2.75, 3.05) is 37.6 Å². The van der Waals surface area contributed by atoms with Gasteiger partial charge in [0.2, 0.25) is 11.8 Å². The van der Waals surface area contributed by atoms with Crippen molar-refractivity contribution in [3.63, 3.8) is 0 Å². The highest BCUT2D eigenvalue weighted by atomic mass is 31.2. The minimum atomic E-state index is -4.28. The number of hydrogen-bond donors (Lipinski definition) is 6. The van der Waals surface area contributed by atoms with E-state index in [2.05, 4.69) is 46.2 Å². The molecule has 3 aliphatic heterocycles. The number of amides is 5. The Morgan fingerprint density at radius 3 is 2.39 bits per heavy atom. The summed E-state index contributed by atoms with van der Waals surface area (Å²) in [5.41, 5.74) is -0.298. The molecule has 2 aromatic carbocycles. The van der Waals surface area contributed by atoms with E-state index in [4.69, 9.17) is 37.0 Å². The predicted molar refractivity (Wildman–Crippen MR) is 295 cm³/mol. The van der Waals surface area contributed by atoms with Crippen molar-refractivity contribution in [2.24, 2.45) is 5.92 Å². The average molecular weight is 1230 g/mol. The van der Waals surface area contributed by atoms with Gasteiger partial charge in [0.25, 0.3) is 11.5 Å². The standard InChI is InChI=1S/C52H62F2N12O17P2/c1-25(2)36(62-50(72)81-52(4,5)6)47(71)60-26(3)44(68)61-29-15-13-27(14-16-29)19-76-51(73)64(7)17-28-11-9-10-12-30(28)45(69)63-41-37-43(57-22-55-41)66(24-59-37)48-35(54)39-33(80-48)20-77-84(74)82-40-38(67)32(21-78-85(8,75)83-39)79-49(40)65-18-31(53)34-42(65)56-23-58-46(34)70/h9-16,18,22-26,32-33,35-36,38-40,48-49,67,84H,17,19-21H2,1-8H3,(H,60,71)(H,61,68)(H,62,72)(H,56,58,70)(H,55,57,63,69)/t26-,32+,33+,35+,36-,38+,39+,40+,48+,49+,85?/m0/s1. The van der Waals surface area contributed by atoms with Gasteiger partial charge in [-0.1, -0.05) is 44.2 Å². The van der Waals surface area contributed by atoms with Gasteiger partial charge in [-0.3, -0.25) is 41.9 Å². The van der Waals surface area contributed by atoms with Crippen molar-refractivity contribution in [3.05, 3.63) is 107 Å². The molecule has 33 heteroatoms. The third-order valence-corrected chi connectivity index (χ3v) is 15.7. The molecule has 9 rings (SSSR count). The average Bonchev–Trinajstić information content (AvgIpc) is 2.16. The molecule has 0 radical (unpaired) electrons. The Balaban J connectivity index is 0.801. The molecule has 3 aliphatic rings. The van der Waals surface area contributed by atoms with Gasteiger partial charge in [-0.15, -0.1) is 0 Å². The molecule has 3 saturated heterocycles. The molecule has 0 saturated carbocycles. The van der Waals surface area contributed by atoms with Crippen molar-refractivity contribution in [1.29, 1.82) is 0 Å². The number of aromatic nitrogens is 7. The minimum absolute atomic E-state index is 0.00867. The summed E-state index contributed by atoms with van der Waals surface area (Å²) in [5.74, 6) is -3.16. The van der Waals surface area contributed by atoms with Gasteiger partial charge < -0.3 is 68.8 Å². The van der Waals surface area contributed by atoms with Crippen LogP contribution in [0.3, 0.4) is 0 Å². The Labute approximate surface area is 483 Å². The van der Waals surface area contributed by atoms with Crippen LogP contribution in [0.5, 0.6) is 0 Å². The molecule has 456 valence electrons. The smallest absolute Gasteiger partial charge is 0.410 e. The predicted octanol–water partition coefficient (Wildman–Crippen LogP) is 5.24. The summed E-state index contributed by atoms with van der Waals surface area (Å²) in [7, 11) is -6.46. The summed E-state index contributed by atoms with van der Waals surface area (Å²) in [4.78, 5) is 98.4. The van der Waals surface area contributed by atoms with Crippen LogP contribution in [0, 0.1) is 11.7 Å². The molecule has 6 N–H and O–H groups in total. The number of aliphatic hydroxyl groups is 1. The Hall–Kier alpha value is -7.60. The van der Waals surface area contributed by atoms with Crippen molar-refractivity contribution >= 4 is 79.5 Å². The largest absolute Gasteiger partial charge is 0.445 e. The van der Waals surface area contributed by atoms with Crippen molar-refractivity contribution in [3.8, 4) is 0 Å². The zero-order valence-corrected chi connectivity index (χ0v) is 48.8. The van der Waals surface area contributed by atoms with Crippen LogP contribution in [0.1, 0.15) is 75.5 Å². The lowest BCUT2D eigenvalue weighted by molar-refractivity contribution is -0.128. The van der Waals surface area contributed by atoms with Gasteiger partial charge in [-0.2, -0.15) is 0 Å². The number of H-pyrrole nitrogens is 1. The number of aliphatic hydroxyl groups excluding tert-OH is 1. The maximum Gasteiger partial charge on any atom is 0.410 e. The van der Waals surface area contributed by atoms with E-state index in [1.807, 2.05) is 0 Å². The lowest BCUT2D eigenvalue weighted by Gasteiger charge is -2.26. The van der Waals surface area contributed by atoms with E-state index < -0.39 is 143 Å². The second-order valence-electron chi connectivity index (χ2n) is 21.5. The lowest BCUT2D eigenvalue weighted by Crippen LogP contribution is -2.54. The minimum Gasteiger partial charge on any atom is -0.445 e. The molecule has 7 heterocycles. The number of nitrogens with one attached hydrogen (secondary N) is 5. The Morgan fingerprint density at radius 2 is 1.66 bits per heavy atom. The van der Waals surface area contributed by atoms with Crippen LogP contribution in [0.25, 0.3) is 22.2 Å². The van der Waals surface area contributed by atoms with E-state index in [0.29, 0.717) is 16.8 Å². The number of fused-ring (bicyclic) bond motifs is 5. The number of imidazole rings is 1. The van der Waals surface area contributed by atoms with E-state index in [1.54, 1.807) is 77.1 Å². The second-order valence-corrected chi connectivity index (χ2v) is 24.5. The quantitative estimate of drug-likeness (QED) is 0.0759. The third kappa shape index (κ3) is 14.2. The normalized spacial score (nSPS) is 25.2. The van der Waals surface area contributed by atoms with Gasteiger partial charge in [0.1, 0.15) is 66.5 Å². The zero-order valence-electron chi connectivity index (χ0n) is 46.9. The fraction of sp³-hybridized carbons (Fsp3) is 0.462. The Kier molecular flexibility index (Phi) is 18.6. The number of rotatable bonds is 14. The van der Waals surface area contributed by atoms with Crippen LogP contribution in [0.15, 0.2) is 78.5 Å². The number of halogens is 2. The molecule has 3 fully saturated rings. The number of anilines is 2. The first-order chi connectivity index (χ1) is 40.2. The van der Waals surface area contributed by atoms with Crippen molar-refractivity contribution in [2.45, 2.75) is 122 Å². The van der Waals surface area contributed by atoms with Gasteiger partial charge in [0, 0.05) is 37.7 Å². The van der Waals surface area contributed by atoms with Crippen LogP contribution in [0.4, 0.5) is 29.9 Å². The van der Waals surface area contributed by atoms with E-state index in [-0.39, 0.29) is 47.3 Å². The number of aromatic amines is 1. The molecule has 0 spiro atoms. The third-order valence-electron chi connectivity index (χ3n) is 13.6. The molecule has 6 aromatic rings. The van der Waals surface area contributed by atoms with E-state index in [0.717, 1.165) is 36.4 Å². The zero-order chi connectivity index (χ0) is 61.2. The molecule has 2 bridgehead atoms. The van der Waals surface area contributed by atoms with Crippen molar-refractivity contribution in [1.82, 2.24) is 49.6 Å². The SMILES string of the molecule is CC(C)[C@H](NC(=O)OC(C)(C)C)C(=O)N[C@@H](C)C(=O)Nc1ccc(COC(=O)N(C)Cc2ccccc2C(=O)Nc2ncnc3c2ncn3[C@@H]2O[C@@H]3CO[PH](=O)O[C@@H]4[C@H](O)[C@@H](COP(C)(=O)O[C@H]3[C@H]2F)O[C@H]4n2cc(F)c3c(=O)[nH]cnc32)cc1. The molecule has 4 aromatic heterocycles. The lowest BCUT2D eigenvalue weighted by atomic mass is 10.0. The van der Waals surface area contributed by atoms with Crippen LogP contribution >= 0.6 is 15.9 Å². The summed E-state index contributed by atoms with van der Waals surface area (Å²) in [5, 5.41) is 21.4. The number of benzene rings is 2. The van der Waals surface area contributed by atoms with Gasteiger partial charge in [-0.05, 0) is 62.9 Å². The number of carbonyl (C=O) groups excluding carboxylic acids is 5. The molecular formula is C52H62F2N12O17P2. The summed E-state index contributed by atoms with van der Waals surface area (Å²) in [6.07, 6.45) is -10.3. The fourth-order valence-corrected chi connectivity index (χ4v) is 11.4. The van der Waals surface area contributed by atoms with Gasteiger partial charge in [-0.25, -0.2) is 38.3 Å². The summed E-state index contributed by atoms with van der Waals surface area (Å²) >= 11 is 0. The van der Waals surface area contributed by atoms with Gasteiger partial charge in [0.15, 0.2) is 47.1 Å². The topological polar surface area (TPSA) is 359 Å². The van der Waals surface area contributed by atoms with E-state index in [1.165, 1.54) is 29.5 Å². The maximum atomic E-state index is 16.8. The summed E-state index contributed by atoms with van der Waals surface area (Å²) in [6, 6.07) is 10.9. The van der Waals surface area contributed by atoms with Crippen LogP contribution in [-0.4, -0.2) is 155 Å². The van der Waals surface area contributed by atoms with Gasteiger partial charge in [0.05, 0.1) is 25.9 Å². The monoisotopic (exact) mass is 1230 g/mol. The van der Waals surface area contributed by atoms with E-state index in [9.17, 15) is 43.0 Å². The van der Waals surface area contributed by atoms with Crippen LogP contribution in [-0.2, 0) is 68.9 Å². The maximum absolute atomic E-state index is 16.8. The first-order valence-corrected chi connectivity index (χ1v) is 29.7. The number of ether oxygens (including phenoxy) is 4. The summed E-state index contributed by atoms with van der Waals surface area (Å²) in [6.45, 7) is 9.53. The fourth-order valence-electron chi connectivity index (χ4n) is 9.42. The molecule has 0 aliphatic carbocycles. The molecule has 2 unspecified atom stereocenters. The highest BCUT2D eigenvalue weighted by Crippen LogP contribution is 2.52. The second kappa shape index (κ2) is 25.5. The molecular weight excluding hydrogens is 1160 g/mol. The first-order valence-electron chi connectivity index (χ1n) is 26.5. The Bertz CT molecular complexity index is 3620. The number of alkyl halides is 1. The summed E-state index contributed by atoms with van der Waals surface area (Å²) < 4.78 is 107. The van der Waals surface area contributed by atoms with Gasteiger partial charge >= 0.3 is 28.0 Å². The number of carbonyl (C=O) groups is 5. The molecule has 85 heavy (non-hydrogen) atoms. The number of nitrogens with zero attached hydrogens (tertiary/aromatic N) is 7. The molecule has 5 amide bonds. The number of alkyl carbamates (subject to hydrolysis) is 1. The molecule has 29 nitrogen and oxygen atoms in total. The Morgan fingerprint density at radius 1 is 0.929 bits per heavy atom. The number of hydrogen-bond acceptors (Lipinski definition) is 21. The highest BCUT2D eigenvalue weighted by Gasteiger charge is 2.53. The van der Waals surface area contributed by atoms with Crippen molar-refractivity contribution < 1.29 is 84.0 Å². The highest BCUT2D eigenvalue weighted by molar-refractivity contribution is 7.53. The first kappa shape index (κ1) is 61.9. The van der Waals surface area contributed by atoms with Crippen LogP contribution in [0.2, 0.25) is 0 Å². The van der Waals surface area contributed by atoms with Crippen LogP contribution < -0.4 is 26.8 Å².